The Morgan fingerprint density at radius 1 is 1.24 bits per heavy atom. The molecule has 0 atom stereocenters. The molecule has 90 valence electrons. The van der Waals surface area contributed by atoms with Crippen molar-refractivity contribution in [2.45, 2.75) is 19.5 Å². The first-order chi connectivity index (χ1) is 7.88. The van der Waals surface area contributed by atoms with Crippen LogP contribution in [-0.4, -0.2) is 11.6 Å². The third-order valence-corrected chi connectivity index (χ3v) is 2.35. The van der Waals surface area contributed by atoms with E-state index in [4.69, 9.17) is 0 Å². The van der Waals surface area contributed by atoms with Crippen LogP contribution in [-0.2, 0) is 11.0 Å². The second kappa shape index (κ2) is 3.87. The topological polar surface area (TPSA) is 32.7 Å². The van der Waals surface area contributed by atoms with Crippen molar-refractivity contribution in [1.29, 1.82) is 0 Å². The van der Waals surface area contributed by atoms with Gasteiger partial charge in [0.25, 0.3) is 5.91 Å². The fourth-order valence-corrected chi connectivity index (χ4v) is 1.55. The molecule has 0 bridgehead atoms. The molecule has 0 aromatic heterocycles. The molecule has 1 aliphatic rings. The van der Waals surface area contributed by atoms with Crippen LogP contribution in [0.2, 0.25) is 0 Å². The minimum atomic E-state index is -4.37. The molecule has 1 aromatic rings. The molecule has 6 heteroatoms. The molecule has 1 amide bonds. The van der Waals surface area contributed by atoms with E-state index in [2.05, 4.69) is 5.10 Å². The second-order valence-corrected chi connectivity index (χ2v) is 3.76. The maximum Gasteiger partial charge on any atom is 0.416 e. The van der Waals surface area contributed by atoms with Crippen LogP contribution in [0.5, 0.6) is 0 Å². The van der Waals surface area contributed by atoms with E-state index in [0.717, 1.165) is 17.1 Å². The smallest absolute Gasteiger partial charge is 0.272 e. The van der Waals surface area contributed by atoms with E-state index in [-0.39, 0.29) is 12.3 Å². The molecule has 0 fully saturated rings. The number of rotatable bonds is 1. The molecule has 0 spiro atoms. The Balaban J connectivity index is 2.28. The molecule has 0 radical (unpaired) electrons. The lowest BCUT2D eigenvalue weighted by Crippen LogP contribution is -2.19. The highest BCUT2D eigenvalue weighted by molar-refractivity contribution is 6.12. The molecule has 0 N–H and O–H groups in total. The third kappa shape index (κ3) is 2.30. The Morgan fingerprint density at radius 3 is 2.24 bits per heavy atom. The summed E-state index contributed by atoms with van der Waals surface area (Å²) in [5, 5.41) is 5.07. The SMILES string of the molecule is CC1=NN(c2ccc(C(F)(F)F)cc2)C(=O)C1. The van der Waals surface area contributed by atoms with Crippen LogP contribution < -0.4 is 5.01 Å². The lowest BCUT2D eigenvalue weighted by atomic mass is 10.2. The molecule has 2 rings (SSSR count). The summed E-state index contributed by atoms with van der Waals surface area (Å²) in [5.41, 5.74) is 0.253. The van der Waals surface area contributed by atoms with Crippen molar-refractivity contribution in [2.24, 2.45) is 5.10 Å². The molecular formula is C11H9F3N2O. The number of nitrogens with zero attached hydrogens (tertiary/aromatic N) is 2. The first-order valence-electron chi connectivity index (χ1n) is 4.92. The highest BCUT2D eigenvalue weighted by Crippen LogP contribution is 2.31. The largest absolute Gasteiger partial charge is 0.416 e. The van der Waals surface area contributed by atoms with E-state index in [1.165, 1.54) is 12.1 Å². The van der Waals surface area contributed by atoms with Crippen molar-refractivity contribution in [1.82, 2.24) is 0 Å². The Hall–Kier alpha value is -1.85. The number of anilines is 1. The van der Waals surface area contributed by atoms with Crippen molar-refractivity contribution in [3.05, 3.63) is 29.8 Å². The fourth-order valence-electron chi connectivity index (χ4n) is 1.55. The van der Waals surface area contributed by atoms with Gasteiger partial charge in [-0.1, -0.05) is 0 Å². The molecule has 1 aromatic carbocycles. The number of hydrazone groups is 1. The van der Waals surface area contributed by atoms with Gasteiger partial charge in [0, 0.05) is 5.71 Å². The molecule has 0 saturated carbocycles. The van der Waals surface area contributed by atoms with Crippen molar-refractivity contribution < 1.29 is 18.0 Å². The number of hydrogen-bond donors (Lipinski definition) is 0. The van der Waals surface area contributed by atoms with Gasteiger partial charge in [-0.05, 0) is 31.2 Å². The van der Waals surface area contributed by atoms with E-state index < -0.39 is 11.7 Å². The van der Waals surface area contributed by atoms with E-state index >= 15 is 0 Å². The predicted molar refractivity (Wildman–Crippen MR) is 56.7 cm³/mol. The summed E-state index contributed by atoms with van der Waals surface area (Å²) in [6, 6.07) is 4.35. The fraction of sp³-hybridized carbons (Fsp3) is 0.273. The van der Waals surface area contributed by atoms with Gasteiger partial charge in [-0.2, -0.15) is 18.3 Å². The van der Waals surface area contributed by atoms with Gasteiger partial charge in [0.05, 0.1) is 17.7 Å². The van der Waals surface area contributed by atoms with Crippen molar-refractivity contribution in [3.8, 4) is 0 Å². The molecular weight excluding hydrogens is 233 g/mol. The summed E-state index contributed by atoms with van der Waals surface area (Å²) in [6.45, 7) is 1.70. The number of amides is 1. The number of carbonyl (C=O) groups excluding carboxylic acids is 1. The number of halogens is 3. The lowest BCUT2D eigenvalue weighted by Gasteiger charge is -2.13. The van der Waals surface area contributed by atoms with E-state index in [0.29, 0.717) is 11.4 Å². The molecule has 3 nitrogen and oxygen atoms in total. The van der Waals surface area contributed by atoms with Gasteiger partial charge in [0.15, 0.2) is 0 Å². The van der Waals surface area contributed by atoms with E-state index in [9.17, 15) is 18.0 Å². The van der Waals surface area contributed by atoms with Crippen LogP contribution in [0.4, 0.5) is 18.9 Å². The van der Waals surface area contributed by atoms with Gasteiger partial charge in [-0.15, -0.1) is 0 Å². The average molecular weight is 242 g/mol. The van der Waals surface area contributed by atoms with Crippen LogP contribution in [0.15, 0.2) is 29.4 Å². The van der Waals surface area contributed by atoms with E-state index in [1.54, 1.807) is 6.92 Å². The second-order valence-electron chi connectivity index (χ2n) is 3.76. The summed E-state index contributed by atoms with van der Waals surface area (Å²) in [4.78, 5) is 11.5. The number of hydrogen-bond acceptors (Lipinski definition) is 2. The van der Waals surface area contributed by atoms with Gasteiger partial charge in [0.1, 0.15) is 0 Å². The van der Waals surface area contributed by atoms with Crippen LogP contribution in [0.25, 0.3) is 0 Å². The highest BCUT2D eigenvalue weighted by atomic mass is 19.4. The van der Waals surface area contributed by atoms with Crippen molar-refractivity contribution >= 4 is 17.3 Å². The first-order valence-corrected chi connectivity index (χ1v) is 4.92. The zero-order valence-corrected chi connectivity index (χ0v) is 8.95. The Morgan fingerprint density at radius 2 is 1.82 bits per heavy atom. The zero-order chi connectivity index (χ0) is 12.6. The number of benzene rings is 1. The first kappa shape index (κ1) is 11.6. The van der Waals surface area contributed by atoms with Gasteiger partial charge < -0.3 is 0 Å². The van der Waals surface area contributed by atoms with Crippen LogP contribution in [0, 0.1) is 0 Å². The summed E-state index contributed by atoms with van der Waals surface area (Å²) in [5.74, 6) is -0.234. The van der Waals surface area contributed by atoms with Gasteiger partial charge in [-0.25, -0.2) is 5.01 Å². The van der Waals surface area contributed by atoms with Crippen LogP contribution in [0.3, 0.4) is 0 Å². The minimum absolute atomic E-state index is 0.209. The predicted octanol–water partition coefficient (Wildman–Crippen LogP) is 2.82. The van der Waals surface area contributed by atoms with Crippen LogP contribution >= 0.6 is 0 Å². The number of alkyl halides is 3. The Bertz CT molecular complexity index is 476. The molecule has 1 heterocycles. The average Bonchev–Trinajstić information content (AvgIpc) is 2.57. The molecule has 0 aliphatic carbocycles. The minimum Gasteiger partial charge on any atom is -0.272 e. The van der Waals surface area contributed by atoms with Crippen molar-refractivity contribution in [3.63, 3.8) is 0 Å². The Labute approximate surface area is 95.5 Å². The highest BCUT2D eigenvalue weighted by Gasteiger charge is 2.31. The molecule has 0 saturated heterocycles. The molecule has 1 aliphatic heterocycles. The van der Waals surface area contributed by atoms with Gasteiger partial charge >= 0.3 is 6.18 Å². The quantitative estimate of drug-likeness (QED) is 0.745. The van der Waals surface area contributed by atoms with Gasteiger partial charge in [-0.3, -0.25) is 4.79 Å². The summed E-state index contributed by atoms with van der Waals surface area (Å²) >= 11 is 0. The summed E-state index contributed by atoms with van der Waals surface area (Å²) in [6.07, 6.45) is -4.16. The normalized spacial score (nSPS) is 16.4. The summed E-state index contributed by atoms with van der Waals surface area (Å²) in [7, 11) is 0. The zero-order valence-electron chi connectivity index (χ0n) is 8.95. The standard InChI is InChI=1S/C11H9F3N2O/c1-7-6-10(17)16(15-7)9-4-2-8(3-5-9)11(12,13)14/h2-5H,6H2,1H3. The summed E-state index contributed by atoms with van der Waals surface area (Å²) < 4.78 is 37.0. The van der Waals surface area contributed by atoms with Crippen LogP contribution in [0.1, 0.15) is 18.9 Å². The lowest BCUT2D eigenvalue weighted by molar-refractivity contribution is -0.137. The molecule has 0 unspecified atom stereocenters. The Kier molecular flexibility index (Phi) is 2.65. The molecule has 17 heavy (non-hydrogen) atoms. The number of carbonyl (C=O) groups is 1. The monoisotopic (exact) mass is 242 g/mol. The third-order valence-electron chi connectivity index (χ3n) is 2.35. The van der Waals surface area contributed by atoms with E-state index in [1.807, 2.05) is 0 Å². The maximum absolute atomic E-state index is 12.3. The maximum atomic E-state index is 12.3. The van der Waals surface area contributed by atoms with Crippen molar-refractivity contribution in [2.75, 3.05) is 5.01 Å². The van der Waals surface area contributed by atoms with Gasteiger partial charge in [0.2, 0.25) is 0 Å².